The molecule has 1 aromatic rings. The summed E-state index contributed by atoms with van der Waals surface area (Å²) in [6.45, 7) is 8.43. The van der Waals surface area contributed by atoms with E-state index in [2.05, 4.69) is 61.7 Å². The smallest absolute Gasteiger partial charge is 0.191 e. The highest BCUT2D eigenvalue weighted by Crippen LogP contribution is 2.22. The number of nitrogens with zero attached hydrogens (tertiary/aromatic N) is 1. The predicted octanol–water partition coefficient (Wildman–Crippen LogP) is 3.59. The zero-order chi connectivity index (χ0) is 14.4. The number of halogens is 1. The highest BCUT2D eigenvalue weighted by Gasteiger charge is 2.23. The first-order chi connectivity index (χ1) is 9.59. The van der Waals surface area contributed by atoms with Crippen LogP contribution in [0.5, 0.6) is 0 Å². The van der Waals surface area contributed by atoms with Crippen molar-refractivity contribution in [3.05, 3.63) is 35.9 Å². The maximum atomic E-state index is 4.76. The van der Waals surface area contributed by atoms with Gasteiger partial charge < -0.3 is 10.6 Å². The van der Waals surface area contributed by atoms with Gasteiger partial charge in [-0.1, -0.05) is 44.2 Å². The minimum atomic E-state index is 0. The molecule has 2 rings (SSSR count). The van der Waals surface area contributed by atoms with Crippen LogP contribution in [0.2, 0.25) is 0 Å². The van der Waals surface area contributed by atoms with Crippen molar-refractivity contribution in [3.63, 3.8) is 0 Å². The topological polar surface area (TPSA) is 36.4 Å². The van der Waals surface area contributed by atoms with E-state index in [1.807, 2.05) is 0 Å². The Bertz CT molecular complexity index is 439. The summed E-state index contributed by atoms with van der Waals surface area (Å²) in [6.07, 6.45) is 3.61. The second-order valence-corrected chi connectivity index (χ2v) is 6.44. The summed E-state index contributed by atoms with van der Waals surface area (Å²) in [7, 11) is 0. The lowest BCUT2D eigenvalue weighted by atomic mass is 9.86. The highest BCUT2D eigenvalue weighted by atomic mass is 127. The average Bonchev–Trinajstić information content (AvgIpc) is 3.21. The lowest BCUT2D eigenvalue weighted by Crippen LogP contribution is -2.39. The number of guanidine groups is 1. The molecule has 1 aliphatic carbocycles. The molecule has 0 saturated heterocycles. The van der Waals surface area contributed by atoms with Gasteiger partial charge in [0, 0.05) is 19.1 Å². The van der Waals surface area contributed by atoms with E-state index in [0.29, 0.717) is 6.04 Å². The lowest BCUT2D eigenvalue weighted by molar-refractivity contribution is 0.377. The van der Waals surface area contributed by atoms with Crippen molar-refractivity contribution in [3.8, 4) is 0 Å². The van der Waals surface area contributed by atoms with Gasteiger partial charge in [0.25, 0.3) is 0 Å². The fraction of sp³-hybridized carbons (Fsp3) is 0.588. The standard InChI is InChI=1S/C17H27N3.HI/c1-4-18-16(20-15-10-11-15)19-13-17(2,3)12-14-8-6-5-7-9-14;/h5-9,15H,4,10-13H2,1-3H3,(H2,18,19,20);1H. The van der Waals surface area contributed by atoms with Gasteiger partial charge in [0.15, 0.2) is 5.96 Å². The molecule has 1 aliphatic rings. The van der Waals surface area contributed by atoms with Gasteiger partial charge in [0.1, 0.15) is 0 Å². The second-order valence-electron chi connectivity index (χ2n) is 6.44. The molecule has 1 aromatic carbocycles. The molecule has 0 bridgehead atoms. The zero-order valence-electron chi connectivity index (χ0n) is 13.4. The Morgan fingerprint density at radius 3 is 2.48 bits per heavy atom. The average molecular weight is 401 g/mol. The van der Waals surface area contributed by atoms with E-state index in [9.17, 15) is 0 Å². The first kappa shape index (κ1) is 18.3. The van der Waals surface area contributed by atoms with E-state index in [1.165, 1.54) is 18.4 Å². The molecule has 4 heteroatoms. The van der Waals surface area contributed by atoms with Crippen LogP contribution in [0.4, 0.5) is 0 Å². The van der Waals surface area contributed by atoms with Crippen molar-refractivity contribution in [2.24, 2.45) is 10.4 Å². The molecule has 2 N–H and O–H groups in total. The fourth-order valence-electron chi connectivity index (χ4n) is 2.24. The molecular weight excluding hydrogens is 373 g/mol. The second kappa shape index (κ2) is 8.61. The minimum Gasteiger partial charge on any atom is -0.357 e. The summed E-state index contributed by atoms with van der Waals surface area (Å²) in [5.74, 6) is 0.969. The van der Waals surface area contributed by atoms with Crippen molar-refractivity contribution in [2.75, 3.05) is 13.1 Å². The molecular formula is C17H28IN3. The Morgan fingerprint density at radius 2 is 1.90 bits per heavy atom. The predicted molar refractivity (Wildman–Crippen MR) is 101 cm³/mol. The van der Waals surface area contributed by atoms with Crippen LogP contribution in [0.15, 0.2) is 35.3 Å². The number of hydrogen-bond donors (Lipinski definition) is 2. The van der Waals surface area contributed by atoms with Crippen LogP contribution in [0.25, 0.3) is 0 Å². The van der Waals surface area contributed by atoms with E-state index in [1.54, 1.807) is 0 Å². The molecule has 118 valence electrons. The normalized spacial score (nSPS) is 15.3. The van der Waals surface area contributed by atoms with E-state index >= 15 is 0 Å². The van der Waals surface area contributed by atoms with Crippen LogP contribution in [0.1, 0.15) is 39.2 Å². The molecule has 0 unspecified atom stereocenters. The van der Waals surface area contributed by atoms with Gasteiger partial charge in [-0.05, 0) is 37.2 Å². The summed E-state index contributed by atoms with van der Waals surface area (Å²) in [4.78, 5) is 4.76. The molecule has 0 heterocycles. The van der Waals surface area contributed by atoms with Crippen LogP contribution >= 0.6 is 24.0 Å². The van der Waals surface area contributed by atoms with Crippen molar-refractivity contribution in [1.29, 1.82) is 0 Å². The Morgan fingerprint density at radius 1 is 1.24 bits per heavy atom. The van der Waals surface area contributed by atoms with Gasteiger partial charge in [-0.3, -0.25) is 4.99 Å². The van der Waals surface area contributed by atoms with Gasteiger partial charge in [-0.15, -0.1) is 24.0 Å². The largest absolute Gasteiger partial charge is 0.357 e. The Labute approximate surface area is 146 Å². The SMILES string of the molecule is CCNC(=NCC(C)(C)Cc1ccccc1)NC1CC1.I. The number of rotatable bonds is 6. The molecule has 3 nitrogen and oxygen atoms in total. The molecule has 0 aromatic heterocycles. The van der Waals surface area contributed by atoms with E-state index in [-0.39, 0.29) is 29.4 Å². The summed E-state index contributed by atoms with van der Waals surface area (Å²) in [5, 5.41) is 6.80. The third-order valence-corrected chi connectivity index (χ3v) is 3.45. The van der Waals surface area contributed by atoms with E-state index in [0.717, 1.165) is 25.5 Å². The van der Waals surface area contributed by atoms with Crippen molar-refractivity contribution in [1.82, 2.24) is 10.6 Å². The summed E-state index contributed by atoms with van der Waals surface area (Å²) >= 11 is 0. The molecule has 0 amide bonds. The Kier molecular flexibility index (Phi) is 7.49. The minimum absolute atomic E-state index is 0. The van der Waals surface area contributed by atoms with Crippen molar-refractivity contribution >= 4 is 29.9 Å². The highest BCUT2D eigenvalue weighted by molar-refractivity contribution is 14.0. The Hall–Kier alpha value is -0.780. The molecule has 1 fully saturated rings. The summed E-state index contributed by atoms with van der Waals surface area (Å²) in [6, 6.07) is 11.3. The maximum absolute atomic E-state index is 4.76. The van der Waals surface area contributed by atoms with Gasteiger partial charge in [0.05, 0.1) is 0 Å². The van der Waals surface area contributed by atoms with E-state index < -0.39 is 0 Å². The molecule has 21 heavy (non-hydrogen) atoms. The van der Waals surface area contributed by atoms with Crippen LogP contribution in [-0.2, 0) is 6.42 Å². The molecule has 0 atom stereocenters. The van der Waals surface area contributed by atoms with Crippen LogP contribution in [0, 0.1) is 5.41 Å². The summed E-state index contributed by atoms with van der Waals surface area (Å²) < 4.78 is 0. The van der Waals surface area contributed by atoms with Gasteiger partial charge in [0.2, 0.25) is 0 Å². The van der Waals surface area contributed by atoms with Crippen LogP contribution < -0.4 is 10.6 Å². The maximum Gasteiger partial charge on any atom is 0.191 e. The molecule has 0 aliphatic heterocycles. The van der Waals surface area contributed by atoms with Crippen molar-refractivity contribution < 1.29 is 0 Å². The number of nitrogens with one attached hydrogen (secondary N) is 2. The fourth-order valence-corrected chi connectivity index (χ4v) is 2.24. The Balaban J connectivity index is 0.00000220. The zero-order valence-corrected chi connectivity index (χ0v) is 15.7. The van der Waals surface area contributed by atoms with Crippen LogP contribution in [0.3, 0.4) is 0 Å². The number of benzene rings is 1. The summed E-state index contributed by atoms with van der Waals surface area (Å²) in [5.41, 5.74) is 1.56. The van der Waals surface area contributed by atoms with Crippen LogP contribution in [-0.4, -0.2) is 25.1 Å². The molecule has 0 radical (unpaired) electrons. The van der Waals surface area contributed by atoms with Gasteiger partial charge in [-0.25, -0.2) is 0 Å². The van der Waals surface area contributed by atoms with E-state index in [4.69, 9.17) is 4.99 Å². The van der Waals surface area contributed by atoms with Crippen molar-refractivity contribution in [2.45, 2.75) is 46.1 Å². The quantitative estimate of drug-likeness (QED) is 0.434. The number of aliphatic imine (C=N–C) groups is 1. The van der Waals surface area contributed by atoms with Gasteiger partial charge in [-0.2, -0.15) is 0 Å². The first-order valence-corrected chi connectivity index (χ1v) is 7.68. The van der Waals surface area contributed by atoms with Gasteiger partial charge >= 0.3 is 0 Å². The third-order valence-electron chi connectivity index (χ3n) is 3.45. The lowest BCUT2D eigenvalue weighted by Gasteiger charge is -2.23. The molecule has 1 saturated carbocycles. The number of hydrogen-bond acceptors (Lipinski definition) is 1. The first-order valence-electron chi connectivity index (χ1n) is 7.68. The molecule has 0 spiro atoms. The monoisotopic (exact) mass is 401 g/mol. The third kappa shape index (κ3) is 7.16.